The Bertz CT molecular complexity index is 1190. The first kappa shape index (κ1) is 21.0. The van der Waals surface area contributed by atoms with Crippen LogP contribution >= 0.6 is 0 Å². The molecule has 0 unspecified atom stereocenters. The van der Waals surface area contributed by atoms with Gasteiger partial charge in [0, 0.05) is 41.0 Å². The normalized spacial score (nSPS) is 11.2. The molecule has 0 aliphatic carbocycles. The third-order valence-corrected chi connectivity index (χ3v) is 4.21. The van der Waals surface area contributed by atoms with E-state index in [0.717, 1.165) is 11.3 Å². The summed E-state index contributed by atoms with van der Waals surface area (Å²) in [6, 6.07) is 13.1. The molecule has 0 saturated carbocycles. The predicted octanol–water partition coefficient (Wildman–Crippen LogP) is 4.96. The molecule has 0 atom stereocenters. The van der Waals surface area contributed by atoms with Crippen LogP contribution in [-0.2, 0) is 17.5 Å². The summed E-state index contributed by atoms with van der Waals surface area (Å²) in [6.45, 7) is 0.00726. The summed E-state index contributed by atoms with van der Waals surface area (Å²) in [4.78, 5) is 23.7. The molecule has 4 aromatic rings. The maximum absolute atomic E-state index is 12.6. The van der Waals surface area contributed by atoms with Crippen molar-refractivity contribution in [2.75, 3.05) is 5.32 Å². The lowest BCUT2D eigenvalue weighted by Gasteiger charge is -2.08. The first-order valence-corrected chi connectivity index (χ1v) is 9.19. The van der Waals surface area contributed by atoms with E-state index < -0.39 is 18.2 Å². The molecule has 0 aliphatic rings. The molecule has 0 aliphatic heterocycles. The van der Waals surface area contributed by atoms with Crippen LogP contribution in [0.4, 0.5) is 23.7 Å². The predicted molar refractivity (Wildman–Crippen MR) is 106 cm³/mol. The Morgan fingerprint density at radius 1 is 1.03 bits per heavy atom. The van der Waals surface area contributed by atoms with Crippen LogP contribution in [0.15, 0.2) is 71.6 Å². The van der Waals surface area contributed by atoms with E-state index in [1.807, 2.05) is 12.1 Å². The monoisotopic (exact) mass is 441 g/mol. The maximum atomic E-state index is 12.6. The van der Waals surface area contributed by atoms with Crippen LogP contribution in [0, 0.1) is 0 Å². The Morgan fingerprint density at radius 3 is 2.47 bits per heavy atom. The summed E-state index contributed by atoms with van der Waals surface area (Å²) in [7, 11) is 0. The average Bonchev–Trinajstić information content (AvgIpc) is 3.30. The summed E-state index contributed by atoms with van der Waals surface area (Å²) in [5.74, 6) is -1.64. The average molecular weight is 441 g/mol. The Kier molecular flexibility index (Phi) is 5.79. The minimum atomic E-state index is -4.72. The topological polar surface area (TPSA) is 103 Å². The number of hydrogen-bond donors (Lipinski definition) is 1. The second-order valence-electron chi connectivity index (χ2n) is 6.49. The third kappa shape index (κ3) is 5.06. The second-order valence-corrected chi connectivity index (χ2v) is 6.49. The van der Waals surface area contributed by atoms with Crippen molar-refractivity contribution in [3.8, 4) is 22.6 Å². The van der Waals surface area contributed by atoms with Gasteiger partial charge in [0.25, 0.3) is 0 Å². The van der Waals surface area contributed by atoms with Gasteiger partial charge in [-0.3, -0.25) is 15.3 Å². The van der Waals surface area contributed by atoms with Gasteiger partial charge in [0.1, 0.15) is 6.61 Å². The fraction of sp³-hybridized carbons (Fsp3) is 0.0952. The lowest BCUT2D eigenvalue weighted by molar-refractivity contribution is -0.159. The van der Waals surface area contributed by atoms with Crippen LogP contribution in [0.1, 0.15) is 11.5 Å². The Labute approximate surface area is 179 Å². The summed E-state index contributed by atoms with van der Waals surface area (Å²) < 4.78 is 47.0. The molecule has 0 saturated heterocycles. The van der Waals surface area contributed by atoms with Gasteiger partial charge in [-0.05, 0) is 42.5 Å². The largest absolute Gasteiger partial charge is 0.471 e. The molecule has 8 nitrogen and oxygen atoms in total. The van der Waals surface area contributed by atoms with Crippen molar-refractivity contribution < 1.29 is 27.2 Å². The van der Waals surface area contributed by atoms with Gasteiger partial charge in [-0.15, -0.1) is 0 Å². The summed E-state index contributed by atoms with van der Waals surface area (Å²) in [5, 5.41) is 5.83. The number of carbonyl (C=O) groups is 1. The number of ether oxygens (including phenoxy) is 1. The van der Waals surface area contributed by atoms with Gasteiger partial charge >= 0.3 is 18.2 Å². The van der Waals surface area contributed by atoms with E-state index in [1.54, 1.807) is 30.7 Å². The second kappa shape index (κ2) is 8.84. The lowest BCUT2D eigenvalue weighted by Crippen LogP contribution is -2.13. The van der Waals surface area contributed by atoms with E-state index in [4.69, 9.17) is 4.74 Å². The van der Waals surface area contributed by atoms with E-state index in [9.17, 15) is 18.0 Å². The van der Waals surface area contributed by atoms with Gasteiger partial charge in [-0.25, -0.2) is 4.79 Å². The summed E-state index contributed by atoms with van der Waals surface area (Å²) >= 11 is 0. The number of nitrogens with zero attached hydrogens (tertiary/aromatic N) is 4. The van der Waals surface area contributed by atoms with Gasteiger partial charge in [-0.1, -0.05) is 11.2 Å². The van der Waals surface area contributed by atoms with Gasteiger partial charge < -0.3 is 9.26 Å². The molecule has 0 bridgehead atoms. The van der Waals surface area contributed by atoms with Gasteiger partial charge in [0.15, 0.2) is 0 Å². The molecule has 162 valence electrons. The fourth-order valence-corrected chi connectivity index (χ4v) is 2.66. The zero-order valence-corrected chi connectivity index (χ0v) is 16.2. The first-order chi connectivity index (χ1) is 15.4. The Balaban J connectivity index is 1.31. The van der Waals surface area contributed by atoms with Crippen LogP contribution in [0.3, 0.4) is 0 Å². The number of benzene rings is 1. The van der Waals surface area contributed by atoms with Crippen molar-refractivity contribution in [2.24, 2.45) is 0 Å². The molecular formula is C21H14F3N5O3. The van der Waals surface area contributed by atoms with Crippen LogP contribution in [0.5, 0.6) is 0 Å². The Morgan fingerprint density at radius 2 is 1.84 bits per heavy atom. The number of anilines is 1. The smallest absolute Gasteiger partial charge is 0.444 e. The zero-order chi connectivity index (χ0) is 22.6. The van der Waals surface area contributed by atoms with Gasteiger partial charge in [0.05, 0.1) is 5.69 Å². The minimum Gasteiger partial charge on any atom is -0.444 e. The summed E-state index contributed by atoms with van der Waals surface area (Å²) in [5.41, 5.74) is 2.99. The van der Waals surface area contributed by atoms with E-state index in [-0.39, 0.29) is 12.4 Å². The van der Waals surface area contributed by atoms with Crippen LogP contribution in [0.25, 0.3) is 22.6 Å². The molecular weight excluding hydrogens is 427 g/mol. The van der Waals surface area contributed by atoms with E-state index in [0.29, 0.717) is 16.8 Å². The van der Waals surface area contributed by atoms with Crippen molar-refractivity contribution in [2.45, 2.75) is 12.8 Å². The molecule has 1 aromatic carbocycles. The highest BCUT2D eigenvalue weighted by molar-refractivity contribution is 5.85. The van der Waals surface area contributed by atoms with E-state index in [2.05, 4.69) is 29.9 Å². The molecule has 0 radical (unpaired) electrons. The van der Waals surface area contributed by atoms with Gasteiger partial charge in [-0.2, -0.15) is 18.2 Å². The van der Waals surface area contributed by atoms with Crippen LogP contribution < -0.4 is 5.32 Å². The van der Waals surface area contributed by atoms with Crippen molar-refractivity contribution >= 4 is 11.8 Å². The highest BCUT2D eigenvalue weighted by atomic mass is 19.4. The van der Waals surface area contributed by atoms with Crippen molar-refractivity contribution in [1.29, 1.82) is 0 Å². The molecule has 32 heavy (non-hydrogen) atoms. The van der Waals surface area contributed by atoms with E-state index >= 15 is 0 Å². The number of halogens is 3. The van der Waals surface area contributed by atoms with Crippen LogP contribution in [-0.4, -0.2) is 26.2 Å². The van der Waals surface area contributed by atoms with Gasteiger partial charge in [0.2, 0.25) is 5.82 Å². The minimum absolute atomic E-state index is 0.00726. The number of amides is 1. The van der Waals surface area contributed by atoms with Crippen molar-refractivity contribution in [3.63, 3.8) is 0 Å². The highest BCUT2D eigenvalue weighted by Gasteiger charge is 2.38. The molecule has 0 fully saturated rings. The number of pyridine rings is 2. The quantitative estimate of drug-likeness (QED) is 0.467. The molecule has 11 heteroatoms. The molecule has 3 aromatic heterocycles. The maximum Gasteiger partial charge on any atom is 0.471 e. The van der Waals surface area contributed by atoms with E-state index in [1.165, 1.54) is 24.3 Å². The zero-order valence-electron chi connectivity index (χ0n) is 16.2. The standard InChI is InChI=1S/C21H14F3N5O3/c22-21(23,24)19-28-18(29-32-19)14-4-6-16(7-5-14)27-20(30)31-12-13-3-8-17(26-10-13)15-2-1-9-25-11-15/h1-11H,12H2,(H,27,30). The number of alkyl halides is 3. The number of rotatable bonds is 5. The molecule has 1 N–H and O–H groups in total. The molecule has 0 spiro atoms. The lowest BCUT2D eigenvalue weighted by atomic mass is 10.2. The Hall–Kier alpha value is -4.28. The molecule has 4 rings (SSSR count). The number of aromatic nitrogens is 4. The first-order valence-electron chi connectivity index (χ1n) is 9.19. The number of hydrogen-bond acceptors (Lipinski definition) is 7. The SMILES string of the molecule is O=C(Nc1ccc(-c2noc(C(F)(F)F)n2)cc1)OCc1ccc(-c2cccnc2)nc1. The third-order valence-electron chi connectivity index (χ3n) is 4.21. The number of nitrogens with one attached hydrogen (secondary N) is 1. The summed E-state index contributed by atoms with van der Waals surface area (Å²) in [6.07, 6.45) is -0.443. The van der Waals surface area contributed by atoms with Crippen molar-refractivity contribution in [1.82, 2.24) is 20.1 Å². The van der Waals surface area contributed by atoms with Crippen molar-refractivity contribution in [3.05, 3.63) is 78.6 Å². The number of carbonyl (C=O) groups excluding carboxylic acids is 1. The molecule has 3 heterocycles. The fourth-order valence-electron chi connectivity index (χ4n) is 2.66. The van der Waals surface area contributed by atoms with Crippen LogP contribution in [0.2, 0.25) is 0 Å². The molecule has 1 amide bonds. The highest BCUT2D eigenvalue weighted by Crippen LogP contribution is 2.29.